The van der Waals surface area contributed by atoms with Gasteiger partial charge >= 0.3 is 137 Å². The normalized spacial score (nSPS) is 20.5. The number of fused-ring (bicyclic) bond motifs is 1. The second-order valence-corrected chi connectivity index (χ2v) is 17.9. The Hall–Kier alpha value is -0.750. The van der Waals surface area contributed by atoms with Crippen LogP contribution in [0.3, 0.4) is 0 Å². The molecule has 1 unspecified atom stereocenters. The fourth-order valence-corrected chi connectivity index (χ4v) is 11.8. The van der Waals surface area contributed by atoms with E-state index in [-0.39, 0.29) is 30.2 Å². The molecule has 0 amide bonds. The zero-order chi connectivity index (χ0) is 22.8. The fourth-order valence-electron chi connectivity index (χ4n) is 5.34. The van der Waals surface area contributed by atoms with Crippen LogP contribution in [0.2, 0.25) is 13.1 Å². The molecule has 6 rings (SSSR count). The Labute approximate surface area is 235 Å². The van der Waals surface area contributed by atoms with Crippen LogP contribution in [-0.4, -0.2) is 13.4 Å². The molecule has 5 heteroatoms. The number of hydrogen-bond acceptors (Lipinski definition) is 0. The summed E-state index contributed by atoms with van der Waals surface area (Å²) in [4.78, 5) is 0. The van der Waals surface area contributed by atoms with Crippen molar-refractivity contribution in [2.75, 3.05) is 0 Å². The van der Waals surface area contributed by atoms with E-state index in [4.69, 9.17) is 0 Å². The van der Waals surface area contributed by atoms with Gasteiger partial charge in [0.25, 0.3) is 0 Å². The summed E-state index contributed by atoms with van der Waals surface area (Å²) in [6, 6.07) is 15.8. The minimum Gasteiger partial charge on any atom is -1.00 e. The van der Waals surface area contributed by atoms with E-state index in [1.807, 2.05) is 0 Å². The molecule has 4 aliphatic rings. The van der Waals surface area contributed by atoms with Gasteiger partial charge in [-0.05, 0) is 34.3 Å². The molecule has 0 N–H and O–H groups in total. The first kappa shape index (κ1) is 27.8. The standard InChI is InChI=1S/C19H19.C10H11PSi.2ClH.Zr/c1-19(2,3)16-12-10-15(11-13-16)18-9-5-7-14-6-4-8-17(14)18;1-6-10-9-7(11-6)4-5-8(9)12(10,2)3;;;/h4-13H,1-3H3;4-5H,1-3H3;2*1H;/q;;;;+2/p-2. The summed E-state index contributed by atoms with van der Waals surface area (Å²) in [5, 5.41) is 6.67. The maximum Gasteiger partial charge on any atom is 0.114 e. The Morgan fingerprint density at radius 2 is 1.62 bits per heavy atom. The van der Waals surface area contributed by atoms with Crippen LogP contribution in [0.4, 0.5) is 0 Å². The summed E-state index contributed by atoms with van der Waals surface area (Å²) in [5.74, 6) is 0. The number of allylic oxidation sites excluding steroid dienone is 7. The Kier molecular flexibility index (Phi) is 8.15. The maximum absolute atomic E-state index is 2.47. The van der Waals surface area contributed by atoms with Gasteiger partial charge in [0.2, 0.25) is 0 Å². The predicted molar refractivity (Wildman–Crippen MR) is 141 cm³/mol. The van der Waals surface area contributed by atoms with Gasteiger partial charge in [0.1, 0.15) is 8.07 Å². The monoisotopic (exact) mass is 597 g/mol. The average molecular weight is 600 g/mol. The Balaban J connectivity index is 0.000000199. The predicted octanol–water partition coefficient (Wildman–Crippen LogP) is 2.33. The summed E-state index contributed by atoms with van der Waals surface area (Å²) in [6.07, 6.45) is 9.31. The second kappa shape index (κ2) is 9.95. The molecule has 1 atom stereocenters. The second-order valence-electron chi connectivity index (χ2n) is 10.7. The summed E-state index contributed by atoms with van der Waals surface area (Å²) in [6.45, 7) is 14.0. The van der Waals surface area contributed by atoms with E-state index in [0.717, 1.165) is 0 Å². The Morgan fingerprint density at radius 3 is 2.26 bits per heavy atom. The third kappa shape index (κ3) is 4.55. The van der Waals surface area contributed by atoms with Gasteiger partial charge in [0.15, 0.2) is 0 Å². The summed E-state index contributed by atoms with van der Waals surface area (Å²) in [5.41, 5.74) is 8.84. The molecule has 0 saturated heterocycles. The van der Waals surface area contributed by atoms with E-state index in [1.165, 1.54) is 36.0 Å². The average Bonchev–Trinajstić information content (AvgIpc) is 3.38. The first-order valence-electron chi connectivity index (χ1n) is 11.5. The van der Waals surface area contributed by atoms with E-state index in [9.17, 15) is 0 Å². The van der Waals surface area contributed by atoms with Crippen LogP contribution in [0.1, 0.15) is 48.0 Å². The molecule has 2 aliphatic heterocycles. The summed E-state index contributed by atoms with van der Waals surface area (Å²) in [7, 11) is 0.396. The van der Waals surface area contributed by atoms with Gasteiger partial charge < -0.3 is 24.8 Å². The maximum atomic E-state index is 2.47. The third-order valence-corrected chi connectivity index (χ3v) is 13.4. The van der Waals surface area contributed by atoms with E-state index < -0.39 is 8.07 Å². The minimum atomic E-state index is -1.09. The first-order chi connectivity index (χ1) is 15.1. The summed E-state index contributed by atoms with van der Waals surface area (Å²) >= 11 is 1.57. The topological polar surface area (TPSA) is 0 Å². The Morgan fingerprint density at radius 1 is 0.941 bits per heavy atom. The van der Waals surface area contributed by atoms with Gasteiger partial charge in [-0.15, -0.1) is 0 Å². The molecule has 2 aromatic carbocycles. The molecule has 2 heterocycles. The molecule has 0 bridgehead atoms. The van der Waals surface area contributed by atoms with Crippen molar-refractivity contribution in [2.24, 2.45) is 0 Å². The zero-order valence-electron chi connectivity index (χ0n) is 20.6. The first-order valence-corrected chi connectivity index (χ1v) is 16.8. The van der Waals surface area contributed by atoms with Crippen molar-refractivity contribution in [3.63, 3.8) is 0 Å². The Bertz CT molecular complexity index is 1290. The SMILES string of the molecule is CC(C)(C)c1ccc(-c2cccc3c2C=C[CH]3[Zr+2])cc1.CC1=PC2=CC=C3C2=C1[Si]3(C)C.[Cl-].[Cl-]. The zero-order valence-corrected chi connectivity index (χ0v) is 26.5. The van der Waals surface area contributed by atoms with Crippen LogP contribution in [0.5, 0.6) is 0 Å². The molecular formula is C29H30Cl2PSiZr. The molecule has 0 spiro atoms. The van der Waals surface area contributed by atoms with E-state index in [2.05, 4.69) is 108 Å². The van der Waals surface area contributed by atoms with Crippen LogP contribution in [0, 0.1) is 0 Å². The van der Waals surface area contributed by atoms with Crippen LogP contribution in [0.15, 0.2) is 82.0 Å². The number of benzene rings is 2. The molecule has 2 aromatic rings. The molecule has 173 valence electrons. The van der Waals surface area contributed by atoms with Gasteiger partial charge in [0.05, 0.1) is 0 Å². The largest absolute Gasteiger partial charge is 1.00 e. The van der Waals surface area contributed by atoms with Crippen molar-refractivity contribution in [2.45, 2.75) is 49.8 Å². The van der Waals surface area contributed by atoms with Crippen LogP contribution >= 0.6 is 8.20 Å². The van der Waals surface area contributed by atoms with Crippen molar-refractivity contribution in [1.29, 1.82) is 0 Å². The van der Waals surface area contributed by atoms with E-state index in [0.29, 0.717) is 3.63 Å². The van der Waals surface area contributed by atoms with Crippen molar-refractivity contribution < 1.29 is 49.5 Å². The smallest absolute Gasteiger partial charge is 0.114 e. The van der Waals surface area contributed by atoms with Gasteiger partial charge in [0, 0.05) is 5.31 Å². The van der Waals surface area contributed by atoms with Gasteiger partial charge in [-0.2, -0.15) is 0 Å². The minimum absolute atomic E-state index is 0. The molecule has 34 heavy (non-hydrogen) atoms. The molecule has 0 radical (unpaired) electrons. The number of hydrogen-bond donors (Lipinski definition) is 0. The van der Waals surface area contributed by atoms with Gasteiger partial charge in [-0.25, -0.2) is 0 Å². The molecular weight excluding hydrogens is 570 g/mol. The molecule has 0 saturated carbocycles. The van der Waals surface area contributed by atoms with Gasteiger partial charge in [-0.1, -0.05) is 27.4 Å². The van der Waals surface area contributed by atoms with Crippen molar-refractivity contribution in [3.05, 3.63) is 98.7 Å². The van der Waals surface area contributed by atoms with E-state index in [1.54, 1.807) is 51.3 Å². The number of halogens is 2. The molecule has 2 aliphatic carbocycles. The molecule has 0 aromatic heterocycles. The quantitative estimate of drug-likeness (QED) is 0.349. The van der Waals surface area contributed by atoms with Crippen molar-refractivity contribution in [1.82, 2.24) is 0 Å². The van der Waals surface area contributed by atoms with Crippen molar-refractivity contribution in [3.8, 4) is 11.1 Å². The fraction of sp³-hybridized carbons (Fsp3) is 0.276. The molecule has 0 nitrogen and oxygen atoms in total. The molecule has 0 fully saturated rings. The van der Waals surface area contributed by atoms with Crippen LogP contribution in [0.25, 0.3) is 17.2 Å². The van der Waals surface area contributed by atoms with Crippen molar-refractivity contribution >= 4 is 27.6 Å². The van der Waals surface area contributed by atoms with Gasteiger partial charge in [-0.3, -0.25) is 0 Å². The summed E-state index contributed by atoms with van der Waals surface area (Å²) < 4.78 is 0.631. The number of rotatable bonds is 1. The van der Waals surface area contributed by atoms with E-state index >= 15 is 0 Å². The van der Waals surface area contributed by atoms with Crippen LogP contribution in [-0.2, 0) is 30.1 Å². The third-order valence-electron chi connectivity index (χ3n) is 7.12. The van der Waals surface area contributed by atoms with Crippen LogP contribution < -0.4 is 24.8 Å².